The van der Waals surface area contributed by atoms with Gasteiger partial charge in [0.05, 0.1) is 6.54 Å². The van der Waals surface area contributed by atoms with Gasteiger partial charge in [0.2, 0.25) is 11.8 Å². The molecule has 1 aliphatic heterocycles. The van der Waals surface area contributed by atoms with Crippen molar-refractivity contribution < 1.29 is 22.8 Å². The van der Waals surface area contributed by atoms with E-state index in [-0.39, 0.29) is 19.0 Å². The van der Waals surface area contributed by atoms with Gasteiger partial charge in [0.1, 0.15) is 0 Å². The summed E-state index contributed by atoms with van der Waals surface area (Å²) in [5.74, 6) is -1.57. The maximum Gasteiger partial charge on any atom is 0.404 e. The molecule has 19 heavy (non-hydrogen) atoms. The first kappa shape index (κ1) is 14.1. The molecule has 2 aliphatic rings. The summed E-state index contributed by atoms with van der Waals surface area (Å²) >= 11 is 0. The predicted octanol–water partition coefficient (Wildman–Crippen LogP) is -0.0768. The lowest BCUT2D eigenvalue weighted by atomic mass is 9.85. The average molecular weight is 279 g/mol. The molecule has 0 spiro atoms. The molecule has 1 atom stereocenters. The predicted molar refractivity (Wildman–Crippen MR) is 60.1 cm³/mol. The molecule has 108 valence electrons. The van der Waals surface area contributed by atoms with E-state index >= 15 is 0 Å². The number of halogens is 3. The molecule has 8 heteroatoms. The molecule has 5 nitrogen and oxygen atoms in total. The van der Waals surface area contributed by atoms with E-state index in [0.717, 1.165) is 12.8 Å². The standard InChI is InChI=1S/C11H16F3N3O2/c12-11(13,14)10(3-4-15-6-10)9(19)16-5-8(18)17-7-1-2-7/h7,15H,1-6H2,(H,16,19)(H,17,18). The highest BCUT2D eigenvalue weighted by Crippen LogP contribution is 2.43. The lowest BCUT2D eigenvalue weighted by Gasteiger charge is -2.29. The molecule has 1 saturated carbocycles. The van der Waals surface area contributed by atoms with Crippen molar-refractivity contribution >= 4 is 11.8 Å². The summed E-state index contributed by atoms with van der Waals surface area (Å²) in [6.07, 6.45) is -3.15. The summed E-state index contributed by atoms with van der Waals surface area (Å²) in [6, 6.07) is 0.120. The first-order valence-corrected chi connectivity index (χ1v) is 6.20. The van der Waals surface area contributed by atoms with Crippen LogP contribution in [0.3, 0.4) is 0 Å². The van der Waals surface area contributed by atoms with E-state index in [9.17, 15) is 22.8 Å². The van der Waals surface area contributed by atoms with E-state index in [4.69, 9.17) is 0 Å². The van der Waals surface area contributed by atoms with E-state index in [1.807, 2.05) is 0 Å². The van der Waals surface area contributed by atoms with Crippen molar-refractivity contribution in [1.82, 2.24) is 16.0 Å². The molecule has 1 aliphatic carbocycles. The van der Waals surface area contributed by atoms with Crippen LogP contribution in [0.1, 0.15) is 19.3 Å². The van der Waals surface area contributed by atoms with Crippen LogP contribution in [0.25, 0.3) is 0 Å². The van der Waals surface area contributed by atoms with Crippen LogP contribution < -0.4 is 16.0 Å². The number of carbonyl (C=O) groups is 2. The summed E-state index contributed by atoms with van der Waals surface area (Å²) in [5, 5.41) is 7.24. The maximum atomic E-state index is 13.0. The Labute approximate surface area is 108 Å². The second kappa shape index (κ2) is 4.99. The smallest absolute Gasteiger partial charge is 0.352 e. The first-order chi connectivity index (χ1) is 8.85. The summed E-state index contributed by atoms with van der Waals surface area (Å²) in [5.41, 5.74) is -2.41. The molecule has 1 heterocycles. The number of amides is 2. The third-order valence-electron chi connectivity index (χ3n) is 3.48. The summed E-state index contributed by atoms with van der Waals surface area (Å²) in [7, 11) is 0. The molecule has 2 amide bonds. The SMILES string of the molecule is O=C(CNC(=O)C1(C(F)(F)F)CCNC1)NC1CC1. The highest BCUT2D eigenvalue weighted by molar-refractivity contribution is 5.89. The second-order valence-electron chi connectivity index (χ2n) is 5.03. The fourth-order valence-corrected chi connectivity index (χ4v) is 2.09. The Morgan fingerprint density at radius 2 is 2.00 bits per heavy atom. The van der Waals surface area contributed by atoms with Crippen molar-refractivity contribution in [3.05, 3.63) is 0 Å². The molecule has 0 radical (unpaired) electrons. The third kappa shape index (κ3) is 2.99. The van der Waals surface area contributed by atoms with Crippen LogP contribution in [0.2, 0.25) is 0 Å². The zero-order chi connectivity index (χ0) is 14.1. The highest BCUT2D eigenvalue weighted by atomic mass is 19.4. The van der Waals surface area contributed by atoms with E-state index < -0.39 is 36.5 Å². The number of alkyl halides is 3. The number of rotatable bonds is 4. The lowest BCUT2D eigenvalue weighted by molar-refractivity contribution is -0.216. The minimum absolute atomic E-state index is 0.120. The first-order valence-electron chi connectivity index (χ1n) is 6.20. The van der Waals surface area contributed by atoms with Gasteiger partial charge in [-0.25, -0.2) is 0 Å². The van der Waals surface area contributed by atoms with Crippen LogP contribution in [0.15, 0.2) is 0 Å². The Morgan fingerprint density at radius 1 is 1.32 bits per heavy atom. The van der Waals surface area contributed by atoms with Crippen LogP contribution in [0, 0.1) is 5.41 Å². The van der Waals surface area contributed by atoms with Gasteiger partial charge < -0.3 is 16.0 Å². The Hall–Kier alpha value is -1.31. The van der Waals surface area contributed by atoms with Crippen LogP contribution in [-0.4, -0.2) is 43.7 Å². The van der Waals surface area contributed by atoms with Gasteiger partial charge in [-0.3, -0.25) is 9.59 Å². The van der Waals surface area contributed by atoms with Crippen molar-refractivity contribution in [3.8, 4) is 0 Å². The molecule has 0 bridgehead atoms. The zero-order valence-corrected chi connectivity index (χ0v) is 10.3. The average Bonchev–Trinajstić information content (AvgIpc) is 2.96. The lowest BCUT2D eigenvalue weighted by Crippen LogP contribution is -2.53. The van der Waals surface area contributed by atoms with Crippen LogP contribution in [-0.2, 0) is 9.59 Å². The molecular weight excluding hydrogens is 263 g/mol. The molecule has 2 fully saturated rings. The Balaban J connectivity index is 1.90. The van der Waals surface area contributed by atoms with Crippen molar-refractivity contribution in [3.63, 3.8) is 0 Å². The summed E-state index contributed by atoms with van der Waals surface area (Å²) in [4.78, 5) is 23.1. The molecular formula is C11H16F3N3O2. The maximum absolute atomic E-state index is 13.0. The van der Waals surface area contributed by atoms with Crippen molar-refractivity contribution in [2.24, 2.45) is 5.41 Å². The molecule has 1 unspecified atom stereocenters. The van der Waals surface area contributed by atoms with Gasteiger partial charge in [-0.2, -0.15) is 13.2 Å². The third-order valence-corrected chi connectivity index (χ3v) is 3.48. The molecule has 1 saturated heterocycles. The largest absolute Gasteiger partial charge is 0.404 e. The van der Waals surface area contributed by atoms with Gasteiger partial charge >= 0.3 is 6.18 Å². The second-order valence-corrected chi connectivity index (χ2v) is 5.03. The van der Waals surface area contributed by atoms with E-state index in [0.29, 0.717) is 0 Å². The van der Waals surface area contributed by atoms with E-state index in [1.165, 1.54) is 0 Å². The Morgan fingerprint density at radius 3 is 2.47 bits per heavy atom. The van der Waals surface area contributed by atoms with Crippen molar-refractivity contribution in [1.29, 1.82) is 0 Å². The van der Waals surface area contributed by atoms with E-state index in [1.54, 1.807) is 0 Å². The summed E-state index contributed by atoms with van der Waals surface area (Å²) < 4.78 is 39.0. The molecule has 0 aromatic heterocycles. The van der Waals surface area contributed by atoms with Gasteiger partial charge in [0, 0.05) is 12.6 Å². The summed E-state index contributed by atoms with van der Waals surface area (Å²) in [6.45, 7) is -0.707. The normalized spacial score (nSPS) is 27.1. The topological polar surface area (TPSA) is 70.2 Å². The van der Waals surface area contributed by atoms with Gasteiger partial charge in [-0.05, 0) is 25.8 Å². The Kier molecular flexibility index (Phi) is 3.71. The quantitative estimate of drug-likeness (QED) is 0.674. The minimum Gasteiger partial charge on any atom is -0.352 e. The molecule has 0 aromatic rings. The fraction of sp³-hybridized carbons (Fsp3) is 0.818. The Bertz CT molecular complexity index is 374. The van der Waals surface area contributed by atoms with Crippen LogP contribution in [0.4, 0.5) is 13.2 Å². The molecule has 3 N–H and O–H groups in total. The van der Waals surface area contributed by atoms with Crippen LogP contribution >= 0.6 is 0 Å². The van der Waals surface area contributed by atoms with Crippen molar-refractivity contribution in [2.45, 2.75) is 31.5 Å². The fourth-order valence-electron chi connectivity index (χ4n) is 2.09. The molecule has 2 rings (SSSR count). The van der Waals surface area contributed by atoms with Crippen LogP contribution in [0.5, 0.6) is 0 Å². The van der Waals surface area contributed by atoms with Gasteiger partial charge in [-0.1, -0.05) is 0 Å². The molecule has 0 aromatic carbocycles. The van der Waals surface area contributed by atoms with Gasteiger partial charge in [0.15, 0.2) is 5.41 Å². The number of hydrogen-bond donors (Lipinski definition) is 3. The van der Waals surface area contributed by atoms with Gasteiger partial charge in [-0.15, -0.1) is 0 Å². The van der Waals surface area contributed by atoms with Crippen molar-refractivity contribution in [2.75, 3.05) is 19.6 Å². The highest BCUT2D eigenvalue weighted by Gasteiger charge is 2.61. The number of hydrogen-bond acceptors (Lipinski definition) is 3. The van der Waals surface area contributed by atoms with E-state index in [2.05, 4.69) is 16.0 Å². The minimum atomic E-state index is -4.62. The number of carbonyl (C=O) groups excluding carboxylic acids is 2. The monoisotopic (exact) mass is 279 g/mol. The number of nitrogens with one attached hydrogen (secondary N) is 3. The zero-order valence-electron chi connectivity index (χ0n) is 10.3. The van der Waals surface area contributed by atoms with Gasteiger partial charge in [0.25, 0.3) is 0 Å².